The molecule has 0 bridgehead atoms. The van der Waals surface area contributed by atoms with Crippen molar-refractivity contribution in [2.45, 2.75) is 4.90 Å². The highest BCUT2D eigenvalue weighted by atomic mass is 79.9. The van der Waals surface area contributed by atoms with Crippen LogP contribution in [0.1, 0.15) is 0 Å². The van der Waals surface area contributed by atoms with E-state index >= 15 is 0 Å². The summed E-state index contributed by atoms with van der Waals surface area (Å²) in [6, 6.07) is 7.81. The summed E-state index contributed by atoms with van der Waals surface area (Å²) < 4.78 is 40.5. The van der Waals surface area contributed by atoms with E-state index in [2.05, 4.69) is 20.7 Å². The first-order valence-electron chi connectivity index (χ1n) is 5.32. The Kier molecular flexibility index (Phi) is 4.22. The SMILES string of the molecule is Nc1ccc(F)cc1S(=O)(=O)Nc1cc(Br)ccc1Cl. The highest BCUT2D eigenvalue weighted by Gasteiger charge is 2.19. The van der Waals surface area contributed by atoms with Gasteiger partial charge in [0.05, 0.1) is 16.4 Å². The van der Waals surface area contributed by atoms with E-state index in [-0.39, 0.29) is 21.3 Å². The molecule has 4 nitrogen and oxygen atoms in total. The molecule has 0 heterocycles. The van der Waals surface area contributed by atoms with Crippen LogP contribution in [-0.4, -0.2) is 8.42 Å². The van der Waals surface area contributed by atoms with Gasteiger partial charge in [0.25, 0.3) is 10.0 Å². The minimum absolute atomic E-state index is 0.0509. The van der Waals surface area contributed by atoms with Crippen LogP contribution in [-0.2, 0) is 10.0 Å². The van der Waals surface area contributed by atoms with Gasteiger partial charge < -0.3 is 5.73 Å². The number of rotatable bonds is 3. The Balaban J connectivity index is 2.46. The number of sulfonamides is 1. The van der Waals surface area contributed by atoms with E-state index in [9.17, 15) is 12.8 Å². The Morgan fingerprint density at radius 1 is 1.20 bits per heavy atom. The molecule has 0 radical (unpaired) electrons. The maximum absolute atomic E-state index is 13.2. The summed E-state index contributed by atoms with van der Waals surface area (Å²) in [5, 5.41) is 0.215. The van der Waals surface area contributed by atoms with Crippen molar-refractivity contribution in [3.8, 4) is 0 Å². The fraction of sp³-hybridized carbons (Fsp3) is 0. The van der Waals surface area contributed by atoms with E-state index < -0.39 is 15.8 Å². The number of nitrogen functional groups attached to an aromatic ring is 1. The van der Waals surface area contributed by atoms with Gasteiger partial charge in [0.1, 0.15) is 10.7 Å². The summed E-state index contributed by atoms with van der Waals surface area (Å²) in [5.41, 5.74) is 5.69. The van der Waals surface area contributed by atoms with Gasteiger partial charge in [0, 0.05) is 4.47 Å². The lowest BCUT2D eigenvalue weighted by Crippen LogP contribution is -2.15. The molecule has 0 spiro atoms. The van der Waals surface area contributed by atoms with Gasteiger partial charge in [-0.25, -0.2) is 12.8 Å². The third-order valence-corrected chi connectivity index (χ3v) is 4.68. The smallest absolute Gasteiger partial charge is 0.264 e. The summed E-state index contributed by atoms with van der Waals surface area (Å²) in [5.74, 6) is -0.695. The monoisotopic (exact) mass is 378 g/mol. The van der Waals surface area contributed by atoms with Crippen molar-refractivity contribution < 1.29 is 12.8 Å². The molecule has 0 saturated heterocycles. The zero-order chi connectivity index (χ0) is 14.9. The lowest BCUT2D eigenvalue weighted by atomic mass is 10.3. The van der Waals surface area contributed by atoms with Gasteiger partial charge in [-0.2, -0.15) is 0 Å². The maximum atomic E-state index is 13.2. The molecule has 0 aliphatic rings. The molecule has 0 atom stereocenters. The molecule has 20 heavy (non-hydrogen) atoms. The number of anilines is 2. The molecule has 0 unspecified atom stereocenters. The topological polar surface area (TPSA) is 72.2 Å². The van der Waals surface area contributed by atoms with E-state index in [4.69, 9.17) is 17.3 Å². The minimum atomic E-state index is -4.03. The highest BCUT2D eigenvalue weighted by molar-refractivity contribution is 9.10. The van der Waals surface area contributed by atoms with Gasteiger partial charge in [-0.05, 0) is 36.4 Å². The van der Waals surface area contributed by atoms with Crippen LogP contribution in [0.15, 0.2) is 45.8 Å². The van der Waals surface area contributed by atoms with Crippen molar-refractivity contribution in [3.05, 3.63) is 51.7 Å². The van der Waals surface area contributed by atoms with Crippen molar-refractivity contribution in [1.29, 1.82) is 0 Å². The van der Waals surface area contributed by atoms with E-state index in [0.717, 1.165) is 12.1 Å². The molecule has 2 aromatic rings. The molecule has 3 N–H and O–H groups in total. The highest BCUT2D eigenvalue weighted by Crippen LogP contribution is 2.29. The standard InChI is InChI=1S/C12H9BrClFN2O2S/c13-7-1-3-9(14)11(5-7)17-20(18,19)12-6-8(15)2-4-10(12)16/h1-6,17H,16H2. The van der Waals surface area contributed by atoms with E-state index in [0.29, 0.717) is 4.47 Å². The third kappa shape index (κ3) is 3.23. The third-order valence-electron chi connectivity index (χ3n) is 2.44. The summed E-state index contributed by atoms with van der Waals surface area (Å²) in [7, 11) is -4.03. The molecule has 2 aromatic carbocycles. The van der Waals surface area contributed by atoms with E-state index in [1.54, 1.807) is 6.07 Å². The first-order valence-corrected chi connectivity index (χ1v) is 7.98. The predicted molar refractivity (Wildman–Crippen MR) is 80.8 cm³/mol. The number of hydrogen-bond donors (Lipinski definition) is 2. The zero-order valence-electron chi connectivity index (χ0n) is 9.90. The van der Waals surface area contributed by atoms with Crippen LogP contribution in [0.2, 0.25) is 5.02 Å². The largest absolute Gasteiger partial charge is 0.398 e. The van der Waals surface area contributed by atoms with Crippen molar-refractivity contribution in [2.75, 3.05) is 10.5 Å². The molecule has 0 amide bonds. The van der Waals surface area contributed by atoms with Crippen LogP contribution >= 0.6 is 27.5 Å². The summed E-state index contributed by atoms with van der Waals surface area (Å²) in [6.45, 7) is 0. The minimum Gasteiger partial charge on any atom is -0.398 e. The molecule has 0 aliphatic carbocycles. The second kappa shape index (κ2) is 5.59. The van der Waals surface area contributed by atoms with Crippen LogP contribution in [0, 0.1) is 5.82 Å². The Hall–Kier alpha value is -1.31. The Bertz CT molecular complexity index is 768. The fourth-order valence-electron chi connectivity index (χ4n) is 1.52. The van der Waals surface area contributed by atoms with Gasteiger partial charge >= 0.3 is 0 Å². The van der Waals surface area contributed by atoms with Crippen molar-refractivity contribution >= 4 is 48.9 Å². The van der Waals surface area contributed by atoms with Gasteiger partial charge in [0.2, 0.25) is 0 Å². The van der Waals surface area contributed by atoms with Gasteiger partial charge in [0.15, 0.2) is 0 Å². The van der Waals surface area contributed by atoms with Crippen molar-refractivity contribution in [3.63, 3.8) is 0 Å². The number of nitrogens with two attached hydrogens (primary N) is 1. The van der Waals surface area contributed by atoms with E-state index in [1.165, 1.54) is 18.2 Å². The lowest BCUT2D eigenvalue weighted by Gasteiger charge is -2.11. The molecule has 0 saturated carbocycles. The first kappa shape index (κ1) is 15.1. The molecular formula is C12H9BrClFN2O2S. The van der Waals surface area contributed by atoms with E-state index in [1.807, 2.05) is 0 Å². The second-order valence-electron chi connectivity index (χ2n) is 3.91. The average Bonchev–Trinajstić information content (AvgIpc) is 2.36. The maximum Gasteiger partial charge on any atom is 0.264 e. The van der Waals surface area contributed by atoms with Crippen LogP contribution in [0.4, 0.5) is 15.8 Å². The quantitative estimate of drug-likeness (QED) is 0.800. The van der Waals surface area contributed by atoms with Crippen molar-refractivity contribution in [1.82, 2.24) is 0 Å². The molecule has 106 valence electrons. The molecule has 0 fully saturated rings. The Labute approximate surface area is 128 Å². The molecule has 8 heteroatoms. The molecular weight excluding hydrogens is 371 g/mol. The second-order valence-corrected chi connectivity index (χ2v) is 6.89. The Morgan fingerprint density at radius 2 is 1.90 bits per heavy atom. The summed E-state index contributed by atoms with van der Waals surface area (Å²) in [6.07, 6.45) is 0. The van der Waals surface area contributed by atoms with Gasteiger partial charge in [-0.15, -0.1) is 0 Å². The fourth-order valence-corrected chi connectivity index (χ4v) is 3.31. The molecule has 2 rings (SSSR count). The van der Waals surface area contributed by atoms with Crippen LogP contribution in [0.3, 0.4) is 0 Å². The van der Waals surface area contributed by atoms with Crippen molar-refractivity contribution in [2.24, 2.45) is 0 Å². The van der Waals surface area contributed by atoms with Gasteiger partial charge in [-0.1, -0.05) is 27.5 Å². The first-order chi connectivity index (χ1) is 9.29. The molecule has 0 aromatic heterocycles. The number of benzene rings is 2. The molecule has 0 aliphatic heterocycles. The van der Waals surface area contributed by atoms with Crippen LogP contribution in [0.25, 0.3) is 0 Å². The average molecular weight is 380 g/mol. The lowest BCUT2D eigenvalue weighted by molar-refractivity contribution is 0.596. The number of halogens is 3. The zero-order valence-corrected chi connectivity index (χ0v) is 13.1. The number of hydrogen-bond acceptors (Lipinski definition) is 3. The van der Waals surface area contributed by atoms with Crippen LogP contribution in [0.5, 0.6) is 0 Å². The predicted octanol–water partition coefficient (Wildman–Crippen LogP) is 3.62. The van der Waals surface area contributed by atoms with Crippen LogP contribution < -0.4 is 10.5 Å². The normalized spacial score (nSPS) is 11.3. The number of nitrogens with one attached hydrogen (secondary N) is 1. The van der Waals surface area contributed by atoms with Gasteiger partial charge in [-0.3, -0.25) is 4.72 Å². The summed E-state index contributed by atoms with van der Waals surface area (Å²) >= 11 is 9.12. The summed E-state index contributed by atoms with van der Waals surface area (Å²) in [4.78, 5) is -0.339. The Morgan fingerprint density at radius 3 is 2.60 bits per heavy atom.